The summed E-state index contributed by atoms with van der Waals surface area (Å²) in [6, 6.07) is 10.2. The van der Waals surface area contributed by atoms with Crippen LogP contribution in [0.1, 0.15) is 12.0 Å². The third-order valence-electron chi connectivity index (χ3n) is 2.39. The van der Waals surface area contributed by atoms with Crippen LogP contribution in [-0.2, 0) is 4.79 Å². The molecule has 0 bridgehead atoms. The van der Waals surface area contributed by atoms with Gasteiger partial charge in [0, 0.05) is 0 Å². The van der Waals surface area contributed by atoms with Crippen LogP contribution in [-0.4, -0.2) is 6.29 Å². The van der Waals surface area contributed by atoms with Crippen LogP contribution in [0, 0.1) is 0 Å². The summed E-state index contributed by atoms with van der Waals surface area (Å²) in [5.74, 6) is 0. The molecule has 2 rings (SSSR count). The SMILES string of the molecule is O=CC1=CC=C(c2ccccc2)C=CC1. The number of aldehydes is 1. The van der Waals surface area contributed by atoms with Crippen molar-refractivity contribution in [3.63, 3.8) is 0 Å². The zero-order valence-corrected chi connectivity index (χ0v) is 8.39. The molecule has 1 heteroatoms. The normalized spacial score (nSPS) is 15.2. The van der Waals surface area contributed by atoms with E-state index >= 15 is 0 Å². The minimum atomic E-state index is 0.719. The smallest absolute Gasteiger partial charge is 0.146 e. The van der Waals surface area contributed by atoms with E-state index in [-0.39, 0.29) is 0 Å². The van der Waals surface area contributed by atoms with E-state index in [2.05, 4.69) is 18.2 Å². The molecule has 1 nitrogen and oxygen atoms in total. The molecule has 1 aliphatic carbocycles. The predicted octanol–water partition coefficient (Wildman–Crippen LogP) is 3.16. The fourth-order valence-electron chi connectivity index (χ4n) is 1.55. The number of rotatable bonds is 2. The fraction of sp³-hybridized carbons (Fsp3) is 0.0714. The quantitative estimate of drug-likeness (QED) is 0.664. The summed E-state index contributed by atoms with van der Waals surface area (Å²) in [6.45, 7) is 0. The molecular formula is C14H12O. The molecule has 0 spiro atoms. The highest BCUT2D eigenvalue weighted by Crippen LogP contribution is 2.19. The third-order valence-corrected chi connectivity index (χ3v) is 2.39. The standard InChI is InChI=1S/C14H12O/c15-11-12-5-4-8-14(10-9-12)13-6-2-1-3-7-13/h1-4,6-11H,5H2. The Morgan fingerprint density at radius 1 is 1.07 bits per heavy atom. The predicted molar refractivity (Wildman–Crippen MR) is 62.3 cm³/mol. The average Bonchev–Trinajstić information content (AvgIpc) is 2.55. The molecule has 0 N–H and O–H groups in total. The Balaban J connectivity index is 2.35. The van der Waals surface area contributed by atoms with E-state index in [0.717, 1.165) is 23.9 Å². The number of benzene rings is 1. The second-order valence-electron chi connectivity index (χ2n) is 3.45. The molecule has 0 aliphatic heterocycles. The largest absolute Gasteiger partial charge is 0.298 e. The molecule has 74 valence electrons. The molecule has 0 amide bonds. The molecule has 0 saturated carbocycles. The maximum absolute atomic E-state index is 10.6. The molecule has 15 heavy (non-hydrogen) atoms. The Morgan fingerprint density at radius 2 is 1.87 bits per heavy atom. The van der Waals surface area contributed by atoms with Crippen molar-refractivity contribution in [2.24, 2.45) is 0 Å². The molecule has 0 saturated heterocycles. The Hall–Kier alpha value is -1.89. The van der Waals surface area contributed by atoms with Crippen LogP contribution in [0.15, 0.2) is 60.2 Å². The molecule has 0 unspecified atom stereocenters. The molecule has 0 aromatic heterocycles. The topological polar surface area (TPSA) is 17.1 Å². The van der Waals surface area contributed by atoms with Crippen molar-refractivity contribution in [1.82, 2.24) is 0 Å². The maximum atomic E-state index is 10.6. The van der Waals surface area contributed by atoms with Gasteiger partial charge in [0.25, 0.3) is 0 Å². The minimum Gasteiger partial charge on any atom is -0.298 e. The van der Waals surface area contributed by atoms with E-state index in [1.807, 2.05) is 36.4 Å². The molecule has 1 aromatic carbocycles. The summed E-state index contributed by atoms with van der Waals surface area (Å²) >= 11 is 0. The first-order chi connectivity index (χ1) is 7.40. The van der Waals surface area contributed by atoms with Gasteiger partial charge in [-0.25, -0.2) is 0 Å². The van der Waals surface area contributed by atoms with Crippen molar-refractivity contribution in [2.75, 3.05) is 0 Å². The highest BCUT2D eigenvalue weighted by molar-refractivity contribution is 5.80. The first-order valence-corrected chi connectivity index (χ1v) is 4.98. The Morgan fingerprint density at radius 3 is 2.60 bits per heavy atom. The molecule has 0 heterocycles. The summed E-state index contributed by atoms with van der Waals surface area (Å²) < 4.78 is 0. The number of hydrogen-bond donors (Lipinski definition) is 0. The maximum Gasteiger partial charge on any atom is 0.146 e. The molecule has 0 radical (unpaired) electrons. The molecule has 1 aromatic rings. The summed E-state index contributed by atoms with van der Waals surface area (Å²) in [6.07, 6.45) is 9.58. The van der Waals surface area contributed by atoms with E-state index in [9.17, 15) is 4.79 Å². The van der Waals surface area contributed by atoms with Gasteiger partial charge in [-0.1, -0.05) is 54.6 Å². The van der Waals surface area contributed by atoms with Gasteiger partial charge in [-0.15, -0.1) is 0 Å². The molecule has 1 aliphatic rings. The van der Waals surface area contributed by atoms with Gasteiger partial charge in [0.1, 0.15) is 6.29 Å². The van der Waals surface area contributed by atoms with Crippen LogP contribution >= 0.6 is 0 Å². The van der Waals surface area contributed by atoms with Gasteiger partial charge in [-0.2, -0.15) is 0 Å². The van der Waals surface area contributed by atoms with Gasteiger partial charge >= 0.3 is 0 Å². The lowest BCUT2D eigenvalue weighted by molar-refractivity contribution is -0.104. The minimum absolute atomic E-state index is 0.719. The van der Waals surface area contributed by atoms with Gasteiger partial charge in [0.2, 0.25) is 0 Å². The molecule has 0 atom stereocenters. The van der Waals surface area contributed by atoms with E-state index in [0.29, 0.717) is 0 Å². The van der Waals surface area contributed by atoms with Crippen molar-refractivity contribution >= 4 is 11.9 Å². The van der Waals surface area contributed by atoms with Crippen LogP contribution in [0.25, 0.3) is 5.57 Å². The first kappa shape index (κ1) is 9.66. The van der Waals surface area contributed by atoms with Crippen molar-refractivity contribution in [3.8, 4) is 0 Å². The van der Waals surface area contributed by atoms with E-state index in [4.69, 9.17) is 0 Å². The monoisotopic (exact) mass is 196 g/mol. The van der Waals surface area contributed by atoms with Crippen LogP contribution in [0.5, 0.6) is 0 Å². The van der Waals surface area contributed by atoms with Crippen LogP contribution in [0.4, 0.5) is 0 Å². The molecule has 0 fully saturated rings. The van der Waals surface area contributed by atoms with E-state index in [1.165, 1.54) is 5.56 Å². The lowest BCUT2D eigenvalue weighted by Gasteiger charge is -1.99. The Bertz CT molecular complexity index is 436. The van der Waals surface area contributed by atoms with Crippen LogP contribution in [0.2, 0.25) is 0 Å². The average molecular weight is 196 g/mol. The van der Waals surface area contributed by atoms with Gasteiger partial charge in [-0.05, 0) is 23.1 Å². The highest BCUT2D eigenvalue weighted by atomic mass is 16.1. The van der Waals surface area contributed by atoms with Gasteiger partial charge < -0.3 is 0 Å². The van der Waals surface area contributed by atoms with E-state index < -0.39 is 0 Å². The highest BCUT2D eigenvalue weighted by Gasteiger charge is 2.00. The lowest BCUT2D eigenvalue weighted by atomic mass is 10.1. The molecular weight excluding hydrogens is 184 g/mol. The van der Waals surface area contributed by atoms with Crippen LogP contribution in [0.3, 0.4) is 0 Å². The summed E-state index contributed by atoms with van der Waals surface area (Å²) in [7, 11) is 0. The number of carbonyl (C=O) groups excluding carboxylic acids is 1. The van der Waals surface area contributed by atoms with Crippen molar-refractivity contribution < 1.29 is 4.79 Å². The van der Waals surface area contributed by atoms with E-state index in [1.54, 1.807) is 0 Å². The summed E-state index contributed by atoms with van der Waals surface area (Å²) in [4.78, 5) is 10.6. The summed E-state index contributed by atoms with van der Waals surface area (Å²) in [5, 5.41) is 0. The summed E-state index contributed by atoms with van der Waals surface area (Å²) in [5.41, 5.74) is 3.14. The van der Waals surface area contributed by atoms with Crippen molar-refractivity contribution in [3.05, 3.63) is 65.8 Å². The lowest BCUT2D eigenvalue weighted by Crippen LogP contribution is -1.78. The first-order valence-electron chi connectivity index (χ1n) is 4.98. The van der Waals surface area contributed by atoms with Gasteiger partial charge in [0.05, 0.1) is 0 Å². The van der Waals surface area contributed by atoms with Crippen LogP contribution < -0.4 is 0 Å². The zero-order valence-electron chi connectivity index (χ0n) is 8.39. The number of allylic oxidation sites excluding steroid dienone is 6. The fourth-order valence-corrected chi connectivity index (χ4v) is 1.55. The van der Waals surface area contributed by atoms with Crippen molar-refractivity contribution in [1.29, 1.82) is 0 Å². The Labute approximate surface area is 89.4 Å². The Kier molecular flexibility index (Phi) is 2.93. The second kappa shape index (κ2) is 4.56. The van der Waals surface area contributed by atoms with Gasteiger partial charge in [0.15, 0.2) is 0 Å². The third kappa shape index (κ3) is 2.32. The zero-order chi connectivity index (χ0) is 10.5. The second-order valence-corrected chi connectivity index (χ2v) is 3.45. The van der Waals surface area contributed by atoms with Crippen molar-refractivity contribution in [2.45, 2.75) is 6.42 Å². The number of hydrogen-bond acceptors (Lipinski definition) is 1. The van der Waals surface area contributed by atoms with Gasteiger partial charge in [-0.3, -0.25) is 4.79 Å². The number of carbonyl (C=O) groups is 1.